The second kappa shape index (κ2) is 6.91. The monoisotopic (exact) mass is 378 g/mol. The fourth-order valence-electron chi connectivity index (χ4n) is 3.63. The molecule has 7 heteroatoms. The summed E-state index contributed by atoms with van der Waals surface area (Å²) in [5.74, 6) is -0.454. The zero-order valence-corrected chi connectivity index (χ0v) is 16.0. The topological polar surface area (TPSA) is 75.7 Å². The fourth-order valence-corrected chi connectivity index (χ4v) is 3.80. The molecular weight excluding hydrogens is 356 g/mol. The lowest BCUT2D eigenvalue weighted by Crippen LogP contribution is -2.44. The summed E-state index contributed by atoms with van der Waals surface area (Å²) in [4.78, 5) is 38.2. The smallest absolute Gasteiger partial charge is 0.331 e. The molecule has 0 bridgehead atoms. The van der Waals surface area contributed by atoms with Crippen molar-refractivity contribution in [1.29, 1.82) is 0 Å². The van der Waals surface area contributed by atoms with E-state index in [-0.39, 0.29) is 11.8 Å². The average Bonchev–Trinajstić information content (AvgIpc) is 3.12. The predicted octanol–water partition coefficient (Wildman–Crippen LogP) is 3.54. The molecular formula is C19H23ClN2O4. The maximum absolute atomic E-state index is 12.6. The number of carbonyl (C=O) groups excluding carboxylic acids is 3. The van der Waals surface area contributed by atoms with Gasteiger partial charge in [-0.05, 0) is 48.9 Å². The highest BCUT2D eigenvalue weighted by Gasteiger charge is 2.52. The molecule has 6 nitrogen and oxygen atoms in total. The van der Waals surface area contributed by atoms with Gasteiger partial charge in [0.1, 0.15) is 17.8 Å². The summed E-state index contributed by atoms with van der Waals surface area (Å²) in [6.45, 7) is 5.37. The Morgan fingerprint density at radius 1 is 1.31 bits per heavy atom. The van der Waals surface area contributed by atoms with Crippen LogP contribution in [0.2, 0.25) is 5.02 Å². The highest BCUT2D eigenvalue weighted by Crippen LogP contribution is 2.35. The van der Waals surface area contributed by atoms with Gasteiger partial charge in [-0.3, -0.25) is 9.69 Å². The van der Waals surface area contributed by atoms with Crippen molar-refractivity contribution in [1.82, 2.24) is 10.2 Å². The van der Waals surface area contributed by atoms with Crippen LogP contribution in [-0.2, 0) is 9.59 Å². The Hall–Kier alpha value is -2.08. The zero-order chi connectivity index (χ0) is 19.1. The number of ether oxygens (including phenoxy) is 1. The third-order valence-corrected chi connectivity index (χ3v) is 5.53. The maximum Gasteiger partial charge on any atom is 0.331 e. The number of imide groups is 1. The van der Waals surface area contributed by atoms with Crippen LogP contribution in [0.15, 0.2) is 12.1 Å². The van der Waals surface area contributed by atoms with Gasteiger partial charge in [0, 0.05) is 5.02 Å². The predicted molar refractivity (Wildman–Crippen MR) is 97.4 cm³/mol. The molecule has 1 aromatic rings. The number of nitrogens with one attached hydrogen (secondary N) is 1. The first kappa shape index (κ1) is 18.7. The molecule has 0 unspecified atom stereocenters. The van der Waals surface area contributed by atoms with Crippen LogP contribution in [-0.4, -0.2) is 34.9 Å². The van der Waals surface area contributed by atoms with E-state index in [1.165, 1.54) is 0 Å². The Morgan fingerprint density at radius 3 is 2.58 bits per heavy atom. The molecule has 1 aliphatic carbocycles. The molecule has 0 aromatic heterocycles. The van der Waals surface area contributed by atoms with Crippen LogP contribution in [0.25, 0.3) is 0 Å². The van der Waals surface area contributed by atoms with Gasteiger partial charge in [0.05, 0.1) is 0 Å². The van der Waals surface area contributed by atoms with Crippen LogP contribution in [0.3, 0.4) is 0 Å². The van der Waals surface area contributed by atoms with Gasteiger partial charge >= 0.3 is 12.0 Å². The number of aryl methyl sites for hydroxylation is 1. The molecule has 26 heavy (non-hydrogen) atoms. The third kappa shape index (κ3) is 3.30. The van der Waals surface area contributed by atoms with Crippen molar-refractivity contribution in [3.63, 3.8) is 0 Å². The second-order valence-corrected chi connectivity index (χ2v) is 7.79. The highest BCUT2D eigenvalue weighted by atomic mass is 35.5. The molecule has 1 N–H and O–H groups in total. The van der Waals surface area contributed by atoms with Crippen molar-refractivity contribution >= 4 is 29.5 Å². The van der Waals surface area contributed by atoms with Gasteiger partial charge in [0.2, 0.25) is 0 Å². The molecule has 1 spiro atoms. The van der Waals surface area contributed by atoms with Crippen molar-refractivity contribution < 1.29 is 19.1 Å². The number of esters is 1. The SMILES string of the molecule is Cc1cc(OC(=O)CN2C(=O)NC3(CCCC3)C2=O)c(C(C)C)cc1Cl. The summed E-state index contributed by atoms with van der Waals surface area (Å²) in [6, 6.07) is 2.97. The normalized spacial score (nSPS) is 18.7. The van der Waals surface area contributed by atoms with Crippen molar-refractivity contribution in [3.8, 4) is 5.75 Å². The van der Waals surface area contributed by atoms with Crippen molar-refractivity contribution in [2.75, 3.05) is 6.54 Å². The van der Waals surface area contributed by atoms with Crippen molar-refractivity contribution in [3.05, 3.63) is 28.3 Å². The lowest BCUT2D eigenvalue weighted by atomic mass is 9.98. The number of hydrogen-bond donors (Lipinski definition) is 1. The summed E-state index contributed by atoms with van der Waals surface area (Å²) in [7, 11) is 0. The van der Waals surface area contributed by atoms with Gasteiger partial charge in [-0.25, -0.2) is 9.59 Å². The number of rotatable bonds is 4. The van der Waals surface area contributed by atoms with Crippen LogP contribution in [0.1, 0.15) is 56.6 Å². The zero-order valence-electron chi connectivity index (χ0n) is 15.2. The lowest BCUT2D eigenvalue weighted by Gasteiger charge is -2.20. The first-order valence-electron chi connectivity index (χ1n) is 8.88. The second-order valence-electron chi connectivity index (χ2n) is 7.38. The molecule has 1 aliphatic heterocycles. The molecule has 3 amide bonds. The van der Waals surface area contributed by atoms with Crippen molar-refractivity contribution in [2.24, 2.45) is 0 Å². The van der Waals surface area contributed by atoms with E-state index in [2.05, 4.69) is 5.32 Å². The maximum atomic E-state index is 12.6. The van der Waals surface area contributed by atoms with E-state index in [9.17, 15) is 14.4 Å². The molecule has 1 heterocycles. The molecule has 1 saturated heterocycles. The first-order chi connectivity index (χ1) is 12.2. The summed E-state index contributed by atoms with van der Waals surface area (Å²) < 4.78 is 5.48. The van der Waals surface area contributed by atoms with Crippen LogP contribution < -0.4 is 10.1 Å². The number of halogens is 1. The molecule has 1 saturated carbocycles. The number of hydrogen-bond acceptors (Lipinski definition) is 4. The summed E-state index contributed by atoms with van der Waals surface area (Å²) in [5.41, 5.74) is 0.773. The largest absolute Gasteiger partial charge is 0.425 e. The van der Waals surface area contributed by atoms with E-state index < -0.39 is 24.1 Å². The molecule has 3 rings (SSSR count). The number of amides is 3. The minimum absolute atomic E-state index is 0.106. The van der Waals surface area contributed by atoms with Crippen LogP contribution in [0, 0.1) is 6.92 Å². The van der Waals surface area contributed by atoms with Gasteiger partial charge in [-0.2, -0.15) is 0 Å². The number of benzene rings is 1. The van der Waals surface area contributed by atoms with E-state index in [4.69, 9.17) is 16.3 Å². The Morgan fingerprint density at radius 2 is 1.96 bits per heavy atom. The van der Waals surface area contributed by atoms with Gasteiger partial charge in [0.15, 0.2) is 0 Å². The fraction of sp³-hybridized carbons (Fsp3) is 0.526. The van der Waals surface area contributed by atoms with Crippen LogP contribution in [0.5, 0.6) is 5.75 Å². The number of urea groups is 1. The molecule has 2 aliphatic rings. The lowest BCUT2D eigenvalue weighted by molar-refractivity contribution is -0.141. The van der Waals surface area contributed by atoms with Crippen molar-refractivity contribution in [2.45, 2.75) is 57.9 Å². The highest BCUT2D eigenvalue weighted by molar-refractivity contribution is 6.31. The average molecular weight is 379 g/mol. The van der Waals surface area contributed by atoms with Gasteiger partial charge in [-0.1, -0.05) is 38.3 Å². The first-order valence-corrected chi connectivity index (χ1v) is 9.26. The van der Waals surface area contributed by atoms with E-state index in [1.807, 2.05) is 20.8 Å². The van der Waals surface area contributed by atoms with Crippen LogP contribution >= 0.6 is 11.6 Å². The van der Waals surface area contributed by atoms with E-state index >= 15 is 0 Å². The summed E-state index contributed by atoms with van der Waals surface area (Å²) >= 11 is 6.17. The summed E-state index contributed by atoms with van der Waals surface area (Å²) in [5, 5.41) is 3.36. The molecule has 140 valence electrons. The van der Waals surface area contributed by atoms with Gasteiger partial charge in [-0.15, -0.1) is 0 Å². The molecule has 0 radical (unpaired) electrons. The Kier molecular flexibility index (Phi) is 4.97. The molecule has 1 aromatic carbocycles. The Bertz CT molecular complexity index is 769. The number of carbonyl (C=O) groups is 3. The minimum atomic E-state index is -0.822. The summed E-state index contributed by atoms with van der Waals surface area (Å²) in [6.07, 6.45) is 3.03. The molecule has 2 fully saturated rings. The number of nitrogens with zero attached hydrogens (tertiary/aromatic N) is 1. The van der Waals surface area contributed by atoms with E-state index in [1.54, 1.807) is 12.1 Å². The third-order valence-electron chi connectivity index (χ3n) is 5.13. The quantitative estimate of drug-likeness (QED) is 0.494. The van der Waals surface area contributed by atoms with E-state index in [0.717, 1.165) is 28.9 Å². The standard InChI is InChI=1S/C19H23ClN2O4/c1-11(2)13-9-14(20)12(3)8-15(13)26-16(23)10-22-17(24)19(21-18(22)25)6-4-5-7-19/h8-9,11H,4-7,10H2,1-3H3,(H,21,25). The molecule has 0 atom stereocenters. The van der Waals surface area contributed by atoms with Crippen LogP contribution in [0.4, 0.5) is 4.79 Å². The van der Waals surface area contributed by atoms with Gasteiger partial charge in [0.25, 0.3) is 5.91 Å². The van der Waals surface area contributed by atoms with Gasteiger partial charge < -0.3 is 10.1 Å². The van der Waals surface area contributed by atoms with E-state index in [0.29, 0.717) is 23.6 Å². The Labute approximate surface area is 157 Å². The minimum Gasteiger partial charge on any atom is -0.425 e. The Balaban J connectivity index is 1.75.